The molecule has 0 radical (unpaired) electrons. The second kappa shape index (κ2) is 14.5. The maximum atomic E-state index is 13.3. The van der Waals surface area contributed by atoms with E-state index in [9.17, 15) is 24.3 Å². The summed E-state index contributed by atoms with van der Waals surface area (Å²) >= 11 is 4.21. The zero-order chi connectivity index (χ0) is 29.2. The first-order valence-electron chi connectivity index (χ1n) is 13.2. The lowest BCUT2D eigenvalue weighted by Crippen LogP contribution is -2.59. The van der Waals surface area contributed by atoms with Crippen molar-refractivity contribution in [2.24, 2.45) is 11.7 Å². The molecule has 3 rings (SSSR count). The number of para-hydroxylation sites is 1. The molecule has 0 aliphatic carbocycles. The van der Waals surface area contributed by atoms with Crippen LogP contribution in [0.2, 0.25) is 0 Å². The number of benzene rings is 2. The van der Waals surface area contributed by atoms with Gasteiger partial charge in [0.2, 0.25) is 17.7 Å². The highest BCUT2D eigenvalue weighted by molar-refractivity contribution is 7.80. The minimum atomic E-state index is -1.22. The van der Waals surface area contributed by atoms with E-state index in [2.05, 4.69) is 33.6 Å². The van der Waals surface area contributed by atoms with Gasteiger partial charge in [-0.15, -0.1) is 0 Å². The lowest BCUT2D eigenvalue weighted by atomic mass is 9.97. The summed E-state index contributed by atoms with van der Waals surface area (Å²) in [6.07, 6.45) is 2.61. The van der Waals surface area contributed by atoms with Crippen LogP contribution < -0.4 is 21.7 Å². The third-order valence-electron chi connectivity index (χ3n) is 6.96. The van der Waals surface area contributed by atoms with Crippen molar-refractivity contribution in [3.63, 3.8) is 0 Å². The highest BCUT2D eigenvalue weighted by Gasteiger charge is 2.32. The normalized spacial score (nSPS) is 14.9. The van der Waals surface area contributed by atoms with Gasteiger partial charge in [-0.2, -0.15) is 12.6 Å². The minimum Gasteiger partial charge on any atom is -0.480 e. The smallest absolute Gasteiger partial charge is 0.326 e. The van der Waals surface area contributed by atoms with Gasteiger partial charge in [0.25, 0.3) is 0 Å². The molecule has 2 aromatic carbocycles. The molecule has 5 unspecified atom stereocenters. The molecule has 214 valence electrons. The van der Waals surface area contributed by atoms with Crippen molar-refractivity contribution in [3.8, 4) is 0 Å². The number of aromatic amines is 1. The summed E-state index contributed by atoms with van der Waals surface area (Å²) in [5, 5.41) is 18.6. The molecule has 1 heterocycles. The highest BCUT2D eigenvalue weighted by atomic mass is 32.1. The maximum Gasteiger partial charge on any atom is 0.326 e. The molecule has 3 amide bonds. The predicted octanol–water partition coefficient (Wildman–Crippen LogP) is 1.80. The van der Waals surface area contributed by atoms with Crippen molar-refractivity contribution >= 4 is 47.2 Å². The Morgan fingerprint density at radius 3 is 2.20 bits per heavy atom. The Morgan fingerprint density at radius 2 is 1.55 bits per heavy atom. The van der Waals surface area contributed by atoms with Crippen molar-refractivity contribution in [1.29, 1.82) is 0 Å². The van der Waals surface area contributed by atoms with Crippen LogP contribution in [-0.2, 0) is 32.0 Å². The molecular formula is C29H37N5O5S. The van der Waals surface area contributed by atoms with E-state index >= 15 is 0 Å². The molecule has 0 aliphatic rings. The quantitative estimate of drug-likeness (QED) is 0.147. The molecule has 0 bridgehead atoms. The van der Waals surface area contributed by atoms with Crippen LogP contribution in [0, 0.1) is 5.92 Å². The van der Waals surface area contributed by atoms with Crippen molar-refractivity contribution in [3.05, 3.63) is 71.9 Å². The van der Waals surface area contributed by atoms with Crippen LogP contribution in [0.3, 0.4) is 0 Å². The first-order chi connectivity index (χ1) is 19.1. The van der Waals surface area contributed by atoms with E-state index in [0.29, 0.717) is 12.8 Å². The standard InChI is InChI=1S/C29H37N5O5S/c1-3-17(2)25(28(37)32-23(29(38)39)14-19-15-31-22-12-8-7-11-20(19)22)34-27(36)24(16-40)33-26(35)21(30)13-18-9-5-4-6-10-18/h4-12,15,17,21,23-25,31,40H,3,13-14,16,30H2,1-2H3,(H,32,37)(H,33,35)(H,34,36)(H,38,39). The van der Waals surface area contributed by atoms with E-state index in [4.69, 9.17) is 5.73 Å². The van der Waals surface area contributed by atoms with Gasteiger partial charge in [0.05, 0.1) is 6.04 Å². The van der Waals surface area contributed by atoms with E-state index in [-0.39, 0.29) is 18.1 Å². The van der Waals surface area contributed by atoms with E-state index in [1.54, 1.807) is 13.1 Å². The molecule has 11 heteroatoms. The molecule has 10 nitrogen and oxygen atoms in total. The van der Waals surface area contributed by atoms with E-state index in [1.807, 2.05) is 61.5 Å². The van der Waals surface area contributed by atoms with Crippen LogP contribution in [-0.4, -0.2) is 63.7 Å². The maximum absolute atomic E-state index is 13.3. The fourth-order valence-corrected chi connectivity index (χ4v) is 4.63. The number of aliphatic carboxylic acids is 1. The van der Waals surface area contributed by atoms with Gasteiger partial charge in [0.15, 0.2) is 0 Å². The van der Waals surface area contributed by atoms with Gasteiger partial charge in [-0.1, -0.05) is 68.8 Å². The molecule has 40 heavy (non-hydrogen) atoms. The number of nitrogens with two attached hydrogens (primary N) is 1. The second-order valence-corrected chi connectivity index (χ2v) is 10.2. The minimum absolute atomic E-state index is 0.0250. The summed E-state index contributed by atoms with van der Waals surface area (Å²) in [5.41, 5.74) is 8.54. The number of fused-ring (bicyclic) bond motifs is 1. The number of thiol groups is 1. The number of aromatic nitrogens is 1. The number of hydrogen-bond donors (Lipinski definition) is 7. The Labute approximate surface area is 238 Å². The van der Waals surface area contributed by atoms with Gasteiger partial charge in [-0.25, -0.2) is 4.79 Å². The monoisotopic (exact) mass is 567 g/mol. The van der Waals surface area contributed by atoms with Crippen LogP contribution >= 0.6 is 12.6 Å². The topological polar surface area (TPSA) is 166 Å². The number of carbonyl (C=O) groups is 4. The molecule has 0 fully saturated rings. The zero-order valence-corrected chi connectivity index (χ0v) is 23.5. The highest BCUT2D eigenvalue weighted by Crippen LogP contribution is 2.19. The molecule has 0 aliphatic heterocycles. The Balaban J connectivity index is 1.67. The molecule has 0 saturated heterocycles. The van der Waals surface area contributed by atoms with Crippen LogP contribution in [0.4, 0.5) is 0 Å². The molecule has 5 atom stereocenters. The summed E-state index contributed by atoms with van der Waals surface area (Å²) < 4.78 is 0. The molecule has 1 aromatic heterocycles. The number of hydrogen-bond acceptors (Lipinski definition) is 6. The number of nitrogens with one attached hydrogen (secondary N) is 4. The molecule has 0 saturated carbocycles. The molecule has 7 N–H and O–H groups in total. The summed E-state index contributed by atoms with van der Waals surface area (Å²) in [4.78, 5) is 54.3. The van der Waals surface area contributed by atoms with Gasteiger partial charge in [-0.05, 0) is 29.5 Å². The summed E-state index contributed by atoms with van der Waals surface area (Å²) in [6, 6.07) is 12.6. The number of amides is 3. The number of carboxylic acids is 1. The Morgan fingerprint density at radius 1 is 0.900 bits per heavy atom. The first-order valence-corrected chi connectivity index (χ1v) is 13.9. The second-order valence-electron chi connectivity index (χ2n) is 9.87. The Bertz CT molecular complexity index is 1310. The van der Waals surface area contributed by atoms with Crippen LogP contribution in [0.25, 0.3) is 10.9 Å². The average Bonchev–Trinajstić information content (AvgIpc) is 3.36. The van der Waals surface area contributed by atoms with Gasteiger partial charge in [-0.3, -0.25) is 14.4 Å². The molecular weight excluding hydrogens is 530 g/mol. The fraction of sp³-hybridized carbons (Fsp3) is 0.379. The van der Waals surface area contributed by atoms with E-state index < -0.39 is 47.9 Å². The largest absolute Gasteiger partial charge is 0.480 e. The van der Waals surface area contributed by atoms with Gasteiger partial charge in [0, 0.05) is 29.3 Å². The number of H-pyrrole nitrogens is 1. The van der Waals surface area contributed by atoms with Gasteiger partial charge >= 0.3 is 5.97 Å². The fourth-order valence-electron chi connectivity index (χ4n) is 4.37. The zero-order valence-electron chi connectivity index (χ0n) is 22.6. The number of carbonyl (C=O) groups excluding carboxylic acids is 3. The third kappa shape index (κ3) is 8.09. The summed E-state index contributed by atoms with van der Waals surface area (Å²) in [5.74, 6) is -3.29. The van der Waals surface area contributed by atoms with Crippen molar-refractivity contribution in [1.82, 2.24) is 20.9 Å². The van der Waals surface area contributed by atoms with E-state index in [0.717, 1.165) is 22.0 Å². The van der Waals surface area contributed by atoms with Crippen LogP contribution in [0.15, 0.2) is 60.8 Å². The number of carboxylic acid groups (broad SMARTS) is 1. The Kier molecular flexibility index (Phi) is 11.2. The predicted molar refractivity (Wildman–Crippen MR) is 157 cm³/mol. The lowest BCUT2D eigenvalue weighted by molar-refractivity contribution is -0.142. The van der Waals surface area contributed by atoms with Crippen molar-refractivity contribution in [2.45, 2.75) is 57.3 Å². The van der Waals surface area contributed by atoms with Crippen LogP contribution in [0.1, 0.15) is 31.4 Å². The lowest BCUT2D eigenvalue weighted by Gasteiger charge is -2.27. The van der Waals surface area contributed by atoms with Gasteiger partial charge < -0.3 is 31.8 Å². The van der Waals surface area contributed by atoms with Crippen molar-refractivity contribution < 1.29 is 24.3 Å². The SMILES string of the molecule is CCC(C)C(NC(=O)C(CS)NC(=O)C(N)Cc1ccccc1)C(=O)NC(Cc1c[nH]c2ccccc12)C(=O)O. The van der Waals surface area contributed by atoms with Crippen LogP contribution in [0.5, 0.6) is 0 Å². The number of rotatable bonds is 14. The first kappa shape index (κ1) is 30.7. The average molecular weight is 568 g/mol. The summed E-state index contributed by atoms with van der Waals surface area (Å²) in [7, 11) is 0. The van der Waals surface area contributed by atoms with Crippen molar-refractivity contribution in [2.75, 3.05) is 5.75 Å². The third-order valence-corrected chi connectivity index (χ3v) is 7.32. The molecule has 0 spiro atoms. The molecule has 3 aromatic rings. The van der Waals surface area contributed by atoms with Gasteiger partial charge in [0.1, 0.15) is 18.1 Å². The van der Waals surface area contributed by atoms with E-state index in [1.165, 1.54) is 0 Å². The summed E-state index contributed by atoms with van der Waals surface area (Å²) in [6.45, 7) is 3.64. The Hall–Kier alpha value is -3.83.